The molecule has 0 bridgehead atoms. The monoisotopic (exact) mass is 291 g/mol. The van der Waals surface area contributed by atoms with Crippen LogP contribution >= 0.6 is 0 Å². The van der Waals surface area contributed by atoms with Gasteiger partial charge >= 0.3 is 0 Å². The van der Waals surface area contributed by atoms with E-state index in [4.69, 9.17) is 9.88 Å². The maximum atomic E-state index is 11.2. The third kappa shape index (κ3) is 7.28. The fraction of sp³-hybridized carbons (Fsp3) is 1.00. The van der Waals surface area contributed by atoms with Gasteiger partial charge in [-0.1, -0.05) is 33.6 Å². The van der Waals surface area contributed by atoms with Crippen LogP contribution in [-0.2, 0) is 14.8 Å². The second kappa shape index (κ2) is 7.60. The first kappa shape index (κ1) is 16.9. The molecule has 1 fully saturated rings. The Bertz CT molecular complexity index is 354. The highest BCUT2D eigenvalue weighted by Gasteiger charge is 2.22. The fourth-order valence-corrected chi connectivity index (χ4v) is 3.91. The molecule has 1 aliphatic rings. The van der Waals surface area contributed by atoms with E-state index in [1.54, 1.807) is 0 Å². The van der Waals surface area contributed by atoms with Gasteiger partial charge in [-0.25, -0.2) is 13.6 Å². The molecule has 1 saturated carbocycles. The molecule has 3 unspecified atom stereocenters. The molecular formula is C14H29NO3S. The molecule has 2 N–H and O–H groups in total. The number of rotatable bonds is 7. The molecule has 114 valence electrons. The van der Waals surface area contributed by atoms with E-state index in [-0.39, 0.29) is 17.6 Å². The van der Waals surface area contributed by atoms with Crippen molar-refractivity contribution in [2.45, 2.75) is 46.5 Å². The van der Waals surface area contributed by atoms with Gasteiger partial charge in [-0.05, 0) is 36.5 Å². The van der Waals surface area contributed by atoms with Gasteiger partial charge in [0, 0.05) is 6.61 Å². The van der Waals surface area contributed by atoms with Crippen LogP contribution in [0, 0.1) is 23.7 Å². The van der Waals surface area contributed by atoms with Crippen LogP contribution in [0.2, 0.25) is 0 Å². The molecule has 3 atom stereocenters. The Kier molecular flexibility index (Phi) is 6.77. The number of hydrogen-bond acceptors (Lipinski definition) is 3. The number of ether oxygens (including phenoxy) is 1. The van der Waals surface area contributed by atoms with Gasteiger partial charge in [-0.3, -0.25) is 0 Å². The summed E-state index contributed by atoms with van der Waals surface area (Å²) >= 11 is 0. The highest BCUT2D eigenvalue weighted by Crippen LogP contribution is 2.28. The van der Waals surface area contributed by atoms with Crippen LogP contribution in [0.4, 0.5) is 0 Å². The van der Waals surface area contributed by atoms with Gasteiger partial charge < -0.3 is 4.74 Å². The first-order valence-corrected chi connectivity index (χ1v) is 9.07. The van der Waals surface area contributed by atoms with Gasteiger partial charge in [0.2, 0.25) is 10.0 Å². The number of primary sulfonamides is 1. The second-order valence-electron chi connectivity index (χ2n) is 6.51. The van der Waals surface area contributed by atoms with Crippen LogP contribution in [0.3, 0.4) is 0 Å². The van der Waals surface area contributed by atoms with Crippen LogP contribution < -0.4 is 5.14 Å². The minimum Gasteiger partial charge on any atom is -0.381 e. The first-order valence-electron chi connectivity index (χ1n) is 7.36. The molecule has 0 aromatic heterocycles. The first-order chi connectivity index (χ1) is 8.78. The normalized spacial score (nSPS) is 26.6. The summed E-state index contributed by atoms with van der Waals surface area (Å²) in [6.07, 6.45) is 5.10. The Morgan fingerprint density at radius 3 is 2.53 bits per heavy atom. The molecule has 1 rings (SSSR count). The average molecular weight is 291 g/mol. The second-order valence-corrected chi connectivity index (χ2v) is 8.17. The third-order valence-electron chi connectivity index (χ3n) is 4.12. The number of nitrogens with two attached hydrogens (primary N) is 1. The summed E-state index contributed by atoms with van der Waals surface area (Å²) in [6.45, 7) is 7.59. The Balaban J connectivity index is 2.32. The van der Waals surface area contributed by atoms with E-state index < -0.39 is 10.0 Å². The van der Waals surface area contributed by atoms with Crippen molar-refractivity contribution in [3.8, 4) is 0 Å². The van der Waals surface area contributed by atoms with Crippen molar-refractivity contribution in [3.05, 3.63) is 0 Å². The van der Waals surface area contributed by atoms with Crippen molar-refractivity contribution >= 4 is 10.0 Å². The molecular weight excluding hydrogens is 262 g/mol. The molecule has 4 nitrogen and oxygen atoms in total. The summed E-state index contributed by atoms with van der Waals surface area (Å²) in [6, 6.07) is 0. The standard InChI is InChI=1S/C14H29NO3S/c1-11(2)14(10-19(15,16)17)9-18-8-13-6-4-5-12(3)7-13/h11-14H,4-10H2,1-3H3,(H2,15,16,17). The predicted octanol–water partition coefficient (Wildman–Crippen LogP) is 2.39. The maximum Gasteiger partial charge on any atom is 0.209 e. The van der Waals surface area contributed by atoms with Crippen molar-refractivity contribution in [2.75, 3.05) is 19.0 Å². The minimum absolute atomic E-state index is 0.00369. The van der Waals surface area contributed by atoms with Gasteiger partial charge in [-0.2, -0.15) is 0 Å². The van der Waals surface area contributed by atoms with Gasteiger partial charge in [-0.15, -0.1) is 0 Å². The summed E-state index contributed by atoms with van der Waals surface area (Å²) in [4.78, 5) is 0. The Morgan fingerprint density at radius 2 is 2.00 bits per heavy atom. The lowest BCUT2D eigenvalue weighted by atomic mass is 9.83. The third-order valence-corrected chi connectivity index (χ3v) is 5.01. The van der Waals surface area contributed by atoms with Crippen LogP contribution in [0.25, 0.3) is 0 Å². The van der Waals surface area contributed by atoms with Crippen molar-refractivity contribution in [3.63, 3.8) is 0 Å². The zero-order valence-corrected chi connectivity index (χ0v) is 13.3. The lowest BCUT2D eigenvalue weighted by molar-refractivity contribution is 0.0483. The largest absolute Gasteiger partial charge is 0.381 e. The molecule has 0 radical (unpaired) electrons. The Labute approximate surface area is 118 Å². The maximum absolute atomic E-state index is 11.2. The molecule has 0 amide bonds. The molecule has 0 spiro atoms. The highest BCUT2D eigenvalue weighted by atomic mass is 32.2. The van der Waals surface area contributed by atoms with Crippen molar-refractivity contribution in [1.29, 1.82) is 0 Å². The Morgan fingerprint density at radius 1 is 1.32 bits per heavy atom. The van der Waals surface area contributed by atoms with Gasteiger partial charge in [0.05, 0.1) is 12.4 Å². The van der Waals surface area contributed by atoms with Crippen molar-refractivity contribution in [1.82, 2.24) is 0 Å². The molecule has 0 aromatic carbocycles. The van der Waals surface area contributed by atoms with E-state index >= 15 is 0 Å². The summed E-state index contributed by atoms with van der Waals surface area (Å²) in [7, 11) is -3.41. The zero-order chi connectivity index (χ0) is 14.5. The SMILES string of the molecule is CC1CCCC(COCC(CS(N)(=O)=O)C(C)C)C1. The minimum atomic E-state index is -3.41. The highest BCUT2D eigenvalue weighted by molar-refractivity contribution is 7.89. The lowest BCUT2D eigenvalue weighted by Crippen LogP contribution is -2.30. The molecule has 1 aliphatic carbocycles. The van der Waals surface area contributed by atoms with Crippen LogP contribution in [0.5, 0.6) is 0 Å². The topological polar surface area (TPSA) is 69.4 Å². The number of sulfonamides is 1. The Hall–Kier alpha value is -0.130. The van der Waals surface area contributed by atoms with Crippen LogP contribution in [-0.4, -0.2) is 27.4 Å². The molecule has 0 aliphatic heterocycles. The molecule has 0 heterocycles. The van der Waals surface area contributed by atoms with Crippen LogP contribution in [0.1, 0.15) is 46.5 Å². The smallest absolute Gasteiger partial charge is 0.209 e. The van der Waals surface area contributed by atoms with Crippen molar-refractivity contribution < 1.29 is 13.2 Å². The molecule has 19 heavy (non-hydrogen) atoms. The van der Waals surface area contributed by atoms with Crippen molar-refractivity contribution in [2.24, 2.45) is 28.8 Å². The molecule has 5 heteroatoms. The quantitative estimate of drug-likeness (QED) is 0.783. The van der Waals surface area contributed by atoms with E-state index in [2.05, 4.69) is 6.92 Å². The summed E-state index contributed by atoms with van der Waals surface area (Å²) in [5, 5.41) is 5.12. The number of hydrogen-bond donors (Lipinski definition) is 1. The van der Waals surface area contributed by atoms with E-state index in [0.717, 1.165) is 12.5 Å². The predicted molar refractivity (Wildman–Crippen MR) is 78.2 cm³/mol. The lowest BCUT2D eigenvalue weighted by Gasteiger charge is -2.27. The van der Waals surface area contributed by atoms with Gasteiger partial charge in [0.15, 0.2) is 0 Å². The van der Waals surface area contributed by atoms with E-state index in [9.17, 15) is 8.42 Å². The van der Waals surface area contributed by atoms with Gasteiger partial charge in [0.1, 0.15) is 0 Å². The van der Waals surface area contributed by atoms with Crippen LogP contribution in [0.15, 0.2) is 0 Å². The average Bonchev–Trinajstić information content (AvgIpc) is 2.26. The van der Waals surface area contributed by atoms with Gasteiger partial charge in [0.25, 0.3) is 0 Å². The molecule has 0 aromatic rings. The zero-order valence-electron chi connectivity index (χ0n) is 12.5. The van der Waals surface area contributed by atoms with E-state index in [1.807, 2.05) is 13.8 Å². The van der Waals surface area contributed by atoms with E-state index in [0.29, 0.717) is 12.5 Å². The fourth-order valence-electron chi connectivity index (χ4n) is 2.83. The molecule has 0 saturated heterocycles. The summed E-state index contributed by atoms with van der Waals surface area (Å²) in [5.74, 6) is 1.73. The summed E-state index contributed by atoms with van der Waals surface area (Å²) in [5.41, 5.74) is 0. The summed E-state index contributed by atoms with van der Waals surface area (Å²) < 4.78 is 28.1. The van der Waals surface area contributed by atoms with E-state index in [1.165, 1.54) is 25.7 Å².